The first-order valence-electron chi connectivity index (χ1n) is 9.84. The van der Waals surface area contributed by atoms with Gasteiger partial charge in [-0.25, -0.2) is 13.2 Å². The standard InChI is InChI=1S/C20H26N2O6S/c1-3-21(17-10-12-29(26,27)13-17)19(24)14(2)28-20(25)15-6-8-16(9-7-15)22-11-4-5-18(22)23/h6-9,14,17H,3-5,10-13H2,1-2H3/t14-,17+/m1/s1. The molecular formula is C20H26N2O6S. The maximum absolute atomic E-state index is 12.7. The fourth-order valence-electron chi connectivity index (χ4n) is 3.83. The number of carbonyl (C=O) groups excluding carboxylic acids is 3. The lowest BCUT2D eigenvalue weighted by molar-refractivity contribution is -0.141. The van der Waals surface area contributed by atoms with Crippen LogP contribution >= 0.6 is 0 Å². The Balaban J connectivity index is 1.62. The third kappa shape index (κ3) is 4.77. The molecule has 0 aliphatic carbocycles. The summed E-state index contributed by atoms with van der Waals surface area (Å²) in [6.45, 7) is 4.27. The Bertz CT molecular complexity index is 896. The van der Waals surface area contributed by atoms with Gasteiger partial charge in [0.1, 0.15) is 0 Å². The van der Waals surface area contributed by atoms with E-state index in [0.717, 1.165) is 12.1 Å². The lowest BCUT2D eigenvalue weighted by Crippen LogP contribution is -2.46. The van der Waals surface area contributed by atoms with E-state index < -0.39 is 27.8 Å². The van der Waals surface area contributed by atoms with Crippen molar-refractivity contribution in [2.24, 2.45) is 0 Å². The van der Waals surface area contributed by atoms with Gasteiger partial charge in [0.05, 0.1) is 17.1 Å². The molecule has 2 fully saturated rings. The van der Waals surface area contributed by atoms with E-state index in [1.54, 1.807) is 36.1 Å². The van der Waals surface area contributed by atoms with Gasteiger partial charge in [-0.15, -0.1) is 0 Å². The fourth-order valence-corrected chi connectivity index (χ4v) is 5.56. The monoisotopic (exact) mass is 422 g/mol. The van der Waals surface area contributed by atoms with Gasteiger partial charge in [0.25, 0.3) is 5.91 Å². The average Bonchev–Trinajstić information content (AvgIpc) is 3.27. The van der Waals surface area contributed by atoms with Crippen LogP contribution in [0.3, 0.4) is 0 Å². The van der Waals surface area contributed by atoms with Crippen molar-refractivity contribution in [3.63, 3.8) is 0 Å². The normalized spacial score (nSPS) is 21.8. The number of esters is 1. The second kappa shape index (κ2) is 8.52. The van der Waals surface area contributed by atoms with E-state index in [2.05, 4.69) is 0 Å². The van der Waals surface area contributed by atoms with Crippen molar-refractivity contribution in [1.82, 2.24) is 4.90 Å². The number of benzene rings is 1. The van der Waals surface area contributed by atoms with Gasteiger partial charge in [0, 0.05) is 31.2 Å². The summed E-state index contributed by atoms with van der Waals surface area (Å²) >= 11 is 0. The summed E-state index contributed by atoms with van der Waals surface area (Å²) in [5, 5.41) is 0. The van der Waals surface area contributed by atoms with Crippen LogP contribution in [-0.4, -0.2) is 67.8 Å². The summed E-state index contributed by atoms with van der Waals surface area (Å²) in [4.78, 5) is 40.1. The second-order valence-electron chi connectivity index (χ2n) is 7.42. The Kier molecular flexibility index (Phi) is 6.26. The Labute approximate surface area is 170 Å². The third-order valence-electron chi connectivity index (χ3n) is 5.39. The molecule has 0 bridgehead atoms. The molecule has 9 heteroatoms. The molecule has 158 valence electrons. The van der Waals surface area contributed by atoms with Crippen molar-refractivity contribution in [2.45, 2.75) is 45.3 Å². The Morgan fingerprint density at radius 3 is 2.48 bits per heavy atom. The minimum Gasteiger partial charge on any atom is -0.449 e. The predicted molar refractivity (Wildman–Crippen MR) is 107 cm³/mol. The first kappa shape index (κ1) is 21.3. The quantitative estimate of drug-likeness (QED) is 0.642. The smallest absolute Gasteiger partial charge is 0.338 e. The van der Waals surface area contributed by atoms with Crippen LogP contribution < -0.4 is 4.90 Å². The molecule has 0 unspecified atom stereocenters. The molecule has 2 saturated heterocycles. The number of nitrogens with zero attached hydrogens (tertiary/aromatic N) is 2. The number of likely N-dealkylation sites (N-methyl/N-ethyl adjacent to an activating group) is 1. The molecule has 2 aliphatic heterocycles. The number of amides is 2. The predicted octanol–water partition coefficient (Wildman–Crippen LogP) is 1.39. The average molecular weight is 423 g/mol. The number of hydrogen-bond acceptors (Lipinski definition) is 6. The highest BCUT2D eigenvalue weighted by molar-refractivity contribution is 7.91. The molecule has 0 aromatic heterocycles. The number of sulfone groups is 1. The lowest BCUT2D eigenvalue weighted by Gasteiger charge is -2.29. The van der Waals surface area contributed by atoms with Crippen LogP contribution in [0.5, 0.6) is 0 Å². The molecule has 1 aromatic carbocycles. The van der Waals surface area contributed by atoms with Crippen LogP contribution in [0.1, 0.15) is 43.5 Å². The fraction of sp³-hybridized carbons (Fsp3) is 0.550. The van der Waals surface area contributed by atoms with Gasteiger partial charge in [-0.1, -0.05) is 0 Å². The van der Waals surface area contributed by atoms with Crippen LogP contribution in [0, 0.1) is 0 Å². The second-order valence-corrected chi connectivity index (χ2v) is 9.65. The SMILES string of the molecule is CCN(C(=O)[C@@H](C)OC(=O)c1ccc(N2CCCC2=O)cc1)[C@H]1CCS(=O)(=O)C1. The molecule has 0 spiro atoms. The number of carbonyl (C=O) groups is 3. The van der Waals surface area contributed by atoms with E-state index in [1.165, 1.54) is 11.8 Å². The number of ether oxygens (including phenoxy) is 1. The maximum Gasteiger partial charge on any atom is 0.338 e. The molecule has 0 N–H and O–H groups in total. The molecule has 1 aromatic rings. The minimum absolute atomic E-state index is 0.0517. The van der Waals surface area contributed by atoms with Crippen molar-refractivity contribution >= 4 is 33.3 Å². The molecule has 3 rings (SSSR count). The van der Waals surface area contributed by atoms with Crippen LogP contribution in [0.15, 0.2) is 24.3 Å². The Hall–Kier alpha value is -2.42. The van der Waals surface area contributed by atoms with Gasteiger partial charge in [0.15, 0.2) is 15.9 Å². The molecule has 0 saturated carbocycles. The van der Waals surface area contributed by atoms with E-state index in [9.17, 15) is 22.8 Å². The van der Waals surface area contributed by atoms with E-state index in [1.807, 2.05) is 0 Å². The Morgan fingerprint density at radius 1 is 1.28 bits per heavy atom. The highest BCUT2D eigenvalue weighted by Gasteiger charge is 2.36. The zero-order valence-corrected chi connectivity index (χ0v) is 17.5. The van der Waals surface area contributed by atoms with Crippen LogP contribution in [0.4, 0.5) is 5.69 Å². The number of anilines is 1. The lowest BCUT2D eigenvalue weighted by atomic mass is 10.2. The van der Waals surface area contributed by atoms with Gasteiger partial charge >= 0.3 is 5.97 Å². The van der Waals surface area contributed by atoms with E-state index >= 15 is 0 Å². The van der Waals surface area contributed by atoms with Crippen LogP contribution in [0.25, 0.3) is 0 Å². The van der Waals surface area contributed by atoms with Crippen molar-refractivity contribution < 1.29 is 27.5 Å². The molecule has 2 aliphatic rings. The largest absolute Gasteiger partial charge is 0.449 e. The summed E-state index contributed by atoms with van der Waals surface area (Å²) in [7, 11) is -3.12. The molecule has 2 heterocycles. The minimum atomic E-state index is -3.12. The van der Waals surface area contributed by atoms with Crippen molar-refractivity contribution in [2.75, 3.05) is 29.5 Å². The zero-order chi connectivity index (χ0) is 21.2. The van der Waals surface area contributed by atoms with Gasteiger partial charge in [-0.3, -0.25) is 9.59 Å². The van der Waals surface area contributed by atoms with Gasteiger partial charge < -0.3 is 14.5 Å². The topological polar surface area (TPSA) is 101 Å². The van der Waals surface area contributed by atoms with Gasteiger partial charge in [-0.05, 0) is 51.0 Å². The van der Waals surface area contributed by atoms with Crippen molar-refractivity contribution in [3.8, 4) is 0 Å². The van der Waals surface area contributed by atoms with Crippen molar-refractivity contribution in [1.29, 1.82) is 0 Å². The maximum atomic E-state index is 12.7. The molecule has 2 atom stereocenters. The highest BCUT2D eigenvalue weighted by atomic mass is 32.2. The summed E-state index contributed by atoms with van der Waals surface area (Å²) in [5.41, 5.74) is 1.01. The van der Waals surface area contributed by atoms with Crippen LogP contribution in [-0.2, 0) is 24.2 Å². The van der Waals surface area contributed by atoms with Gasteiger partial charge in [-0.2, -0.15) is 0 Å². The summed E-state index contributed by atoms with van der Waals surface area (Å²) in [6.07, 6.45) is 0.725. The molecule has 29 heavy (non-hydrogen) atoms. The number of rotatable bonds is 6. The van der Waals surface area contributed by atoms with Crippen molar-refractivity contribution in [3.05, 3.63) is 29.8 Å². The molecule has 2 amide bonds. The Morgan fingerprint density at radius 2 is 1.97 bits per heavy atom. The highest BCUT2D eigenvalue weighted by Crippen LogP contribution is 2.22. The first-order chi connectivity index (χ1) is 13.7. The van der Waals surface area contributed by atoms with Crippen LogP contribution in [0.2, 0.25) is 0 Å². The number of hydrogen-bond donors (Lipinski definition) is 0. The van der Waals surface area contributed by atoms with E-state index in [0.29, 0.717) is 25.9 Å². The van der Waals surface area contributed by atoms with E-state index in [-0.39, 0.29) is 29.0 Å². The molecule has 8 nitrogen and oxygen atoms in total. The zero-order valence-electron chi connectivity index (χ0n) is 16.7. The summed E-state index contributed by atoms with van der Waals surface area (Å²) < 4.78 is 28.7. The third-order valence-corrected chi connectivity index (χ3v) is 7.14. The molecular weight excluding hydrogens is 396 g/mol. The first-order valence-corrected chi connectivity index (χ1v) is 11.7. The molecule has 0 radical (unpaired) electrons. The summed E-state index contributed by atoms with van der Waals surface area (Å²) in [5.74, 6) is -0.957. The summed E-state index contributed by atoms with van der Waals surface area (Å²) in [6, 6.07) is 6.14. The van der Waals surface area contributed by atoms with Gasteiger partial charge in [0.2, 0.25) is 5.91 Å². The van der Waals surface area contributed by atoms with E-state index in [4.69, 9.17) is 4.74 Å².